The summed E-state index contributed by atoms with van der Waals surface area (Å²) in [5.74, 6) is 0.0792. The molecule has 8 heteroatoms. The molecule has 0 spiro atoms. The summed E-state index contributed by atoms with van der Waals surface area (Å²) in [4.78, 5) is 23.2. The Morgan fingerprint density at radius 3 is 2.30 bits per heavy atom. The monoisotopic (exact) mass is 453 g/mol. The highest BCUT2D eigenvalue weighted by Crippen LogP contribution is 2.27. The Morgan fingerprint density at radius 1 is 1.20 bits per heavy atom. The first-order valence-electron chi connectivity index (χ1n) is 9.27. The predicted octanol–water partition coefficient (Wildman–Crippen LogP) is 4.93. The lowest BCUT2D eigenvalue weighted by molar-refractivity contribution is -0.183. The number of carbonyl (C=O) groups excluding carboxylic acids is 1. The molecule has 0 N–H and O–H groups in total. The Kier molecular flexibility index (Phi) is 11.7. The van der Waals surface area contributed by atoms with E-state index in [-0.39, 0.29) is 17.0 Å². The first kappa shape index (κ1) is 26.1. The van der Waals surface area contributed by atoms with Crippen molar-refractivity contribution >= 4 is 36.0 Å². The van der Waals surface area contributed by atoms with Gasteiger partial charge in [-0.3, -0.25) is 4.90 Å². The summed E-state index contributed by atoms with van der Waals surface area (Å²) in [6, 6.07) is 12.6. The molecule has 2 rings (SSSR count). The Bertz CT molecular complexity index is 819. The van der Waals surface area contributed by atoms with E-state index in [1.807, 2.05) is 31.0 Å². The highest BCUT2D eigenvalue weighted by molar-refractivity contribution is 7.98. The standard InChI is InChI=1S/C20H24ClFN2O2S.C2H5N/c1-14(20(25)26-23(2)3)24(4)12-15-5-7-16(8-6-15)13-27-17-9-10-19(22)18(21)11-17;1-3-2/h5-11,14H,12-13H2,1-4H3;1H2,2H3. The minimum atomic E-state index is -0.404. The van der Waals surface area contributed by atoms with Crippen molar-refractivity contribution in [2.24, 2.45) is 4.99 Å². The molecule has 5 nitrogen and oxygen atoms in total. The fraction of sp³-hybridized carbons (Fsp3) is 0.364. The Hall–Kier alpha value is -1.93. The van der Waals surface area contributed by atoms with Crippen LogP contribution in [0.1, 0.15) is 18.1 Å². The molecule has 0 aliphatic heterocycles. The number of nitrogens with zero attached hydrogens (tertiary/aromatic N) is 3. The van der Waals surface area contributed by atoms with Crippen LogP contribution in [0.15, 0.2) is 52.4 Å². The third-order valence-electron chi connectivity index (χ3n) is 4.03. The molecule has 0 fully saturated rings. The van der Waals surface area contributed by atoms with E-state index in [4.69, 9.17) is 16.4 Å². The van der Waals surface area contributed by atoms with Crippen LogP contribution in [0.25, 0.3) is 0 Å². The van der Waals surface area contributed by atoms with Crippen LogP contribution in [0.4, 0.5) is 4.39 Å². The molecular weight excluding hydrogens is 425 g/mol. The van der Waals surface area contributed by atoms with Crippen molar-refractivity contribution < 1.29 is 14.0 Å². The smallest absolute Gasteiger partial charge is 0.341 e. The first-order valence-corrected chi connectivity index (χ1v) is 10.6. The molecule has 0 heterocycles. The van der Waals surface area contributed by atoms with Gasteiger partial charge in [-0.2, -0.15) is 0 Å². The first-order chi connectivity index (χ1) is 14.2. The van der Waals surface area contributed by atoms with E-state index in [0.717, 1.165) is 21.8 Å². The summed E-state index contributed by atoms with van der Waals surface area (Å²) in [6.07, 6.45) is 0. The van der Waals surface area contributed by atoms with Crippen LogP contribution >= 0.6 is 23.4 Å². The van der Waals surface area contributed by atoms with Gasteiger partial charge in [-0.05, 0) is 50.0 Å². The minimum absolute atomic E-state index is 0.139. The van der Waals surface area contributed by atoms with Crippen molar-refractivity contribution in [1.82, 2.24) is 9.96 Å². The number of aliphatic imine (C=N–C) groups is 1. The molecule has 0 saturated carbocycles. The van der Waals surface area contributed by atoms with Gasteiger partial charge < -0.3 is 9.83 Å². The van der Waals surface area contributed by atoms with Gasteiger partial charge in [-0.25, -0.2) is 9.18 Å². The summed E-state index contributed by atoms with van der Waals surface area (Å²) in [6.45, 7) is 5.58. The third-order valence-corrected chi connectivity index (χ3v) is 5.38. The van der Waals surface area contributed by atoms with Crippen molar-refractivity contribution in [3.05, 3.63) is 64.4 Å². The molecule has 1 unspecified atom stereocenters. The van der Waals surface area contributed by atoms with E-state index >= 15 is 0 Å². The fourth-order valence-corrected chi connectivity index (χ4v) is 3.47. The number of rotatable bonds is 8. The van der Waals surface area contributed by atoms with Gasteiger partial charge in [0.1, 0.15) is 11.9 Å². The van der Waals surface area contributed by atoms with Gasteiger partial charge in [-0.15, -0.1) is 16.8 Å². The minimum Gasteiger partial charge on any atom is -0.367 e. The number of hydroxylamine groups is 2. The van der Waals surface area contributed by atoms with Crippen molar-refractivity contribution in [1.29, 1.82) is 0 Å². The van der Waals surface area contributed by atoms with Crippen LogP contribution in [0.3, 0.4) is 0 Å². The van der Waals surface area contributed by atoms with E-state index in [9.17, 15) is 9.18 Å². The Morgan fingerprint density at radius 2 is 1.77 bits per heavy atom. The average Bonchev–Trinajstić information content (AvgIpc) is 2.69. The second-order valence-corrected chi connectivity index (χ2v) is 8.27. The second kappa shape index (κ2) is 13.4. The van der Waals surface area contributed by atoms with Gasteiger partial charge in [-0.1, -0.05) is 35.9 Å². The molecule has 2 aromatic carbocycles. The molecule has 1 atom stereocenters. The maximum atomic E-state index is 13.2. The number of halogens is 2. The van der Waals surface area contributed by atoms with E-state index in [0.29, 0.717) is 6.54 Å². The lowest BCUT2D eigenvalue weighted by Crippen LogP contribution is -2.38. The quantitative estimate of drug-likeness (QED) is 0.322. The summed E-state index contributed by atoms with van der Waals surface area (Å²) >= 11 is 7.41. The van der Waals surface area contributed by atoms with Gasteiger partial charge in [0.2, 0.25) is 0 Å². The lowest BCUT2D eigenvalue weighted by atomic mass is 10.1. The van der Waals surface area contributed by atoms with Crippen LogP contribution in [0, 0.1) is 5.82 Å². The molecule has 0 aliphatic rings. The van der Waals surface area contributed by atoms with Gasteiger partial charge in [0.15, 0.2) is 0 Å². The van der Waals surface area contributed by atoms with E-state index in [1.165, 1.54) is 11.1 Å². The lowest BCUT2D eigenvalue weighted by Gasteiger charge is -2.24. The van der Waals surface area contributed by atoms with Crippen molar-refractivity contribution in [2.45, 2.75) is 30.2 Å². The van der Waals surface area contributed by atoms with E-state index in [2.05, 4.69) is 23.8 Å². The summed E-state index contributed by atoms with van der Waals surface area (Å²) < 4.78 is 13.2. The van der Waals surface area contributed by atoms with E-state index in [1.54, 1.807) is 45.0 Å². The number of hydrogen-bond acceptors (Lipinski definition) is 6. The third kappa shape index (κ3) is 9.26. The zero-order valence-electron chi connectivity index (χ0n) is 18.1. The maximum Gasteiger partial charge on any atom is 0.341 e. The highest BCUT2D eigenvalue weighted by atomic mass is 35.5. The molecule has 0 saturated heterocycles. The molecule has 0 radical (unpaired) electrons. The van der Waals surface area contributed by atoms with Crippen LogP contribution in [-0.2, 0) is 21.9 Å². The maximum absolute atomic E-state index is 13.2. The highest BCUT2D eigenvalue weighted by Gasteiger charge is 2.20. The van der Waals surface area contributed by atoms with Crippen LogP contribution in [-0.4, -0.2) is 56.9 Å². The molecule has 0 aromatic heterocycles. The van der Waals surface area contributed by atoms with Crippen molar-refractivity contribution in [3.63, 3.8) is 0 Å². The number of thioether (sulfide) groups is 1. The zero-order chi connectivity index (χ0) is 22.7. The Balaban J connectivity index is 0.00000141. The van der Waals surface area contributed by atoms with Gasteiger partial charge in [0.25, 0.3) is 0 Å². The molecule has 164 valence electrons. The SMILES string of the molecule is C=NC.CC(C(=O)ON(C)C)N(C)Cc1ccc(CSc2ccc(F)c(Cl)c2)cc1. The fourth-order valence-electron chi connectivity index (χ4n) is 2.34. The molecule has 0 amide bonds. The second-order valence-electron chi connectivity index (χ2n) is 6.81. The molecular formula is C22H29ClFN3O2S. The number of benzene rings is 2. The van der Waals surface area contributed by atoms with Crippen LogP contribution in [0.5, 0.6) is 0 Å². The molecule has 2 aromatic rings. The summed E-state index contributed by atoms with van der Waals surface area (Å²) in [7, 11) is 6.89. The number of carbonyl (C=O) groups is 1. The molecule has 0 bridgehead atoms. The van der Waals surface area contributed by atoms with Gasteiger partial charge in [0, 0.05) is 38.3 Å². The zero-order valence-corrected chi connectivity index (χ0v) is 19.6. The van der Waals surface area contributed by atoms with E-state index < -0.39 is 5.82 Å². The topological polar surface area (TPSA) is 45.1 Å². The molecule has 0 aliphatic carbocycles. The normalized spacial score (nSPS) is 11.6. The molecule has 30 heavy (non-hydrogen) atoms. The largest absolute Gasteiger partial charge is 0.367 e. The average molecular weight is 454 g/mol. The summed E-state index contributed by atoms with van der Waals surface area (Å²) in [5, 5.41) is 1.54. The predicted molar refractivity (Wildman–Crippen MR) is 124 cm³/mol. The van der Waals surface area contributed by atoms with Gasteiger partial charge >= 0.3 is 5.97 Å². The van der Waals surface area contributed by atoms with Crippen LogP contribution in [0.2, 0.25) is 5.02 Å². The number of likely N-dealkylation sites (N-methyl/N-ethyl adjacent to an activating group) is 1. The van der Waals surface area contributed by atoms with Gasteiger partial charge in [0.05, 0.1) is 5.02 Å². The number of hydrogen-bond donors (Lipinski definition) is 0. The van der Waals surface area contributed by atoms with Crippen molar-refractivity contribution in [3.8, 4) is 0 Å². The Labute approximate surface area is 187 Å². The summed E-state index contributed by atoms with van der Waals surface area (Å²) in [5.41, 5.74) is 2.27. The van der Waals surface area contributed by atoms with Crippen LogP contribution < -0.4 is 0 Å². The van der Waals surface area contributed by atoms with Crippen molar-refractivity contribution in [2.75, 3.05) is 28.2 Å².